The number of nitrogens with one attached hydrogen (secondary N) is 1. The summed E-state index contributed by atoms with van der Waals surface area (Å²) in [5, 5.41) is 3.98. The molecule has 1 aromatic rings. The van der Waals surface area contributed by atoms with Crippen molar-refractivity contribution in [3.8, 4) is 0 Å². The molecule has 1 N–H and O–H groups in total. The first-order chi connectivity index (χ1) is 9.68. The Morgan fingerprint density at radius 1 is 1.45 bits per heavy atom. The third-order valence-corrected chi connectivity index (χ3v) is 5.25. The molecule has 1 unspecified atom stereocenters. The molecule has 20 heavy (non-hydrogen) atoms. The van der Waals surface area contributed by atoms with Gasteiger partial charge in [0.05, 0.1) is 11.8 Å². The van der Waals surface area contributed by atoms with Crippen molar-refractivity contribution in [1.29, 1.82) is 0 Å². The largest absolute Gasteiger partial charge is 0.338 e. The summed E-state index contributed by atoms with van der Waals surface area (Å²) in [6.07, 6.45) is 5.88. The molecule has 5 heteroatoms. The standard InChI is InChI=1S/C15H23N3OS/c1-12(13-3-7-16-8-4-13)18(2)15(19)11-20-14-5-9-17-10-6-14/h3-4,7-8,12,14,17H,5-6,9-11H2,1-2H3. The third kappa shape index (κ3) is 4.21. The van der Waals surface area contributed by atoms with E-state index in [1.54, 1.807) is 24.2 Å². The van der Waals surface area contributed by atoms with Gasteiger partial charge in [-0.3, -0.25) is 9.78 Å². The molecule has 1 fully saturated rings. The molecule has 0 spiro atoms. The molecule has 0 bridgehead atoms. The van der Waals surface area contributed by atoms with Gasteiger partial charge in [0, 0.05) is 24.7 Å². The number of hydrogen-bond acceptors (Lipinski definition) is 4. The summed E-state index contributed by atoms with van der Waals surface area (Å²) < 4.78 is 0. The van der Waals surface area contributed by atoms with E-state index in [9.17, 15) is 4.79 Å². The zero-order valence-corrected chi connectivity index (χ0v) is 13.0. The van der Waals surface area contributed by atoms with Gasteiger partial charge < -0.3 is 10.2 Å². The highest BCUT2D eigenvalue weighted by molar-refractivity contribution is 8.00. The van der Waals surface area contributed by atoms with Gasteiger partial charge in [0.1, 0.15) is 0 Å². The molecule has 2 heterocycles. The van der Waals surface area contributed by atoms with E-state index in [2.05, 4.69) is 17.2 Å². The van der Waals surface area contributed by atoms with Crippen molar-refractivity contribution in [2.24, 2.45) is 0 Å². The van der Waals surface area contributed by atoms with E-state index >= 15 is 0 Å². The van der Waals surface area contributed by atoms with Gasteiger partial charge in [0.15, 0.2) is 0 Å². The van der Waals surface area contributed by atoms with Crippen LogP contribution >= 0.6 is 11.8 Å². The first kappa shape index (κ1) is 15.3. The number of pyridine rings is 1. The van der Waals surface area contributed by atoms with E-state index < -0.39 is 0 Å². The Morgan fingerprint density at radius 3 is 2.75 bits per heavy atom. The average molecular weight is 293 g/mol. The maximum Gasteiger partial charge on any atom is 0.232 e. The number of rotatable bonds is 5. The second-order valence-electron chi connectivity index (χ2n) is 5.22. The molecule has 0 aromatic carbocycles. The highest BCUT2D eigenvalue weighted by atomic mass is 32.2. The fourth-order valence-electron chi connectivity index (χ4n) is 2.33. The number of aromatic nitrogens is 1. The highest BCUT2D eigenvalue weighted by Crippen LogP contribution is 2.23. The molecule has 2 rings (SSSR count). The number of amides is 1. The Morgan fingerprint density at radius 2 is 2.10 bits per heavy atom. The van der Waals surface area contributed by atoms with E-state index in [1.165, 1.54) is 12.8 Å². The fourth-order valence-corrected chi connectivity index (χ4v) is 3.49. The summed E-state index contributed by atoms with van der Waals surface area (Å²) in [4.78, 5) is 18.1. The Balaban J connectivity index is 1.82. The van der Waals surface area contributed by atoms with Gasteiger partial charge in [-0.1, -0.05) is 0 Å². The van der Waals surface area contributed by atoms with Crippen molar-refractivity contribution in [3.05, 3.63) is 30.1 Å². The molecule has 0 aliphatic carbocycles. The topological polar surface area (TPSA) is 45.2 Å². The maximum absolute atomic E-state index is 12.3. The zero-order chi connectivity index (χ0) is 14.4. The van der Waals surface area contributed by atoms with Crippen LogP contribution in [0.5, 0.6) is 0 Å². The summed E-state index contributed by atoms with van der Waals surface area (Å²) in [6, 6.07) is 4.03. The molecule has 110 valence electrons. The average Bonchev–Trinajstić information content (AvgIpc) is 2.53. The number of nitrogens with zero attached hydrogens (tertiary/aromatic N) is 2. The molecule has 1 saturated heterocycles. The highest BCUT2D eigenvalue weighted by Gasteiger charge is 2.20. The van der Waals surface area contributed by atoms with Crippen LogP contribution in [0.15, 0.2) is 24.5 Å². The van der Waals surface area contributed by atoms with Crippen LogP contribution in [-0.2, 0) is 4.79 Å². The van der Waals surface area contributed by atoms with Crippen LogP contribution in [0.1, 0.15) is 31.4 Å². The number of carbonyl (C=O) groups excluding carboxylic acids is 1. The van der Waals surface area contributed by atoms with Crippen molar-refractivity contribution in [1.82, 2.24) is 15.2 Å². The van der Waals surface area contributed by atoms with Crippen LogP contribution in [0.4, 0.5) is 0 Å². The normalized spacial score (nSPS) is 17.7. The summed E-state index contributed by atoms with van der Waals surface area (Å²) in [6.45, 7) is 4.21. The minimum Gasteiger partial charge on any atom is -0.338 e. The lowest BCUT2D eigenvalue weighted by Crippen LogP contribution is -2.33. The first-order valence-corrected chi connectivity index (χ1v) is 8.21. The quantitative estimate of drug-likeness (QED) is 0.903. The Bertz CT molecular complexity index is 420. The third-order valence-electron chi connectivity index (χ3n) is 3.89. The van der Waals surface area contributed by atoms with Crippen LogP contribution in [0, 0.1) is 0 Å². The van der Waals surface area contributed by atoms with E-state index in [0.29, 0.717) is 11.0 Å². The molecular formula is C15H23N3OS. The molecular weight excluding hydrogens is 270 g/mol. The van der Waals surface area contributed by atoms with Gasteiger partial charge in [0.25, 0.3) is 0 Å². The van der Waals surface area contributed by atoms with Crippen LogP contribution in [-0.4, -0.2) is 46.9 Å². The van der Waals surface area contributed by atoms with Gasteiger partial charge in [-0.05, 0) is 50.6 Å². The minimum absolute atomic E-state index is 0.0964. The van der Waals surface area contributed by atoms with Crippen molar-refractivity contribution in [2.45, 2.75) is 31.1 Å². The summed E-state index contributed by atoms with van der Waals surface area (Å²) in [5.41, 5.74) is 1.13. The zero-order valence-electron chi connectivity index (χ0n) is 12.2. The van der Waals surface area contributed by atoms with Crippen molar-refractivity contribution in [2.75, 3.05) is 25.9 Å². The first-order valence-electron chi connectivity index (χ1n) is 7.16. The summed E-state index contributed by atoms with van der Waals surface area (Å²) in [7, 11) is 1.89. The molecule has 1 atom stereocenters. The molecule has 4 nitrogen and oxygen atoms in total. The Hall–Kier alpha value is -1.07. The fraction of sp³-hybridized carbons (Fsp3) is 0.600. The predicted molar refractivity (Wildman–Crippen MR) is 83.8 cm³/mol. The molecule has 0 radical (unpaired) electrons. The van der Waals surface area contributed by atoms with E-state index in [-0.39, 0.29) is 11.9 Å². The monoisotopic (exact) mass is 293 g/mol. The Kier molecular flexibility index (Phi) is 5.86. The van der Waals surface area contributed by atoms with Crippen molar-refractivity contribution < 1.29 is 4.79 Å². The number of hydrogen-bond donors (Lipinski definition) is 1. The molecule has 0 saturated carbocycles. The molecule has 1 aliphatic heterocycles. The lowest BCUT2D eigenvalue weighted by Gasteiger charge is -2.27. The van der Waals surface area contributed by atoms with Gasteiger partial charge in [-0.2, -0.15) is 0 Å². The van der Waals surface area contributed by atoms with Gasteiger partial charge >= 0.3 is 0 Å². The van der Waals surface area contributed by atoms with Crippen LogP contribution < -0.4 is 5.32 Å². The number of thioether (sulfide) groups is 1. The lowest BCUT2D eigenvalue weighted by molar-refractivity contribution is -0.128. The second-order valence-corrected chi connectivity index (χ2v) is 6.51. The molecule has 1 aromatic heterocycles. The van der Waals surface area contributed by atoms with Gasteiger partial charge in [-0.15, -0.1) is 11.8 Å². The SMILES string of the molecule is CC(c1ccncc1)N(C)C(=O)CSC1CCNCC1. The lowest BCUT2D eigenvalue weighted by atomic mass is 10.1. The summed E-state index contributed by atoms with van der Waals surface area (Å²) >= 11 is 1.80. The second kappa shape index (κ2) is 7.64. The molecule has 1 amide bonds. The Labute approximate surface area is 125 Å². The van der Waals surface area contributed by atoms with E-state index in [0.717, 1.165) is 18.7 Å². The molecule has 1 aliphatic rings. The maximum atomic E-state index is 12.3. The number of carbonyl (C=O) groups is 1. The van der Waals surface area contributed by atoms with Crippen LogP contribution in [0.25, 0.3) is 0 Å². The summed E-state index contributed by atoms with van der Waals surface area (Å²) in [5.74, 6) is 0.786. The van der Waals surface area contributed by atoms with E-state index in [4.69, 9.17) is 0 Å². The van der Waals surface area contributed by atoms with Crippen LogP contribution in [0.3, 0.4) is 0 Å². The predicted octanol–water partition coefficient (Wildman–Crippen LogP) is 2.09. The minimum atomic E-state index is 0.0964. The van der Waals surface area contributed by atoms with Crippen molar-refractivity contribution >= 4 is 17.7 Å². The number of piperidine rings is 1. The van der Waals surface area contributed by atoms with Crippen molar-refractivity contribution in [3.63, 3.8) is 0 Å². The van der Waals surface area contributed by atoms with Gasteiger partial charge in [-0.25, -0.2) is 0 Å². The smallest absolute Gasteiger partial charge is 0.232 e. The van der Waals surface area contributed by atoms with Crippen LogP contribution in [0.2, 0.25) is 0 Å². The van der Waals surface area contributed by atoms with Gasteiger partial charge in [0.2, 0.25) is 5.91 Å². The van der Waals surface area contributed by atoms with E-state index in [1.807, 2.05) is 24.1 Å².